The van der Waals surface area contributed by atoms with E-state index >= 15 is 0 Å². The molecule has 0 bridgehead atoms. The zero-order valence-electron chi connectivity index (χ0n) is 17.3. The minimum atomic E-state index is -0.467. The first-order valence-corrected chi connectivity index (χ1v) is 10.1. The number of hydrogen-bond donors (Lipinski definition) is 0. The van der Waals surface area contributed by atoms with Crippen LogP contribution in [0.2, 0.25) is 0 Å². The number of carbonyl (C=O) groups is 1. The minimum Gasteiger partial charge on any atom is -0.493 e. The Kier molecular flexibility index (Phi) is 7.96. The molecule has 1 aromatic rings. The predicted molar refractivity (Wildman–Crippen MR) is 107 cm³/mol. The number of carbonyl (C=O) groups excluding carboxylic acids is 1. The number of hydrogen-bond acceptors (Lipinski definition) is 4. The summed E-state index contributed by atoms with van der Waals surface area (Å²) in [5.74, 6) is 0.875. The summed E-state index contributed by atoms with van der Waals surface area (Å²) in [6.45, 7) is 11.2. The van der Waals surface area contributed by atoms with Gasteiger partial charge in [-0.15, -0.1) is 0 Å². The van der Waals surface area contributed by atoms with Crippen molar-refractivity contribution in [2.75, 3.05) is 32.9 Å². The molecule has 2 rings (SSSR count). The van der Waals surface area contributed by atoms with E-state index in [9.17, 15) is 4.79 Å². The Morgan fingerprint density at radius 2 is 1.78 bits per heavy atom. The monoisotopic (exact) mass is 377 g/mol. The number of amides is 1. The highest BCUT2D eigenvalue weighted by Gasteiger charge is 2.38. The Hall–Kier alpha value is -1.75. The van der Waals surface area contributed by atoms with Gasteiger partial charge < -0.3 is 19.1 Å². The van der Waals surface area contributed by atoms with E-state index in [4.69, 9.17) is 14.2 Å². The number of ether oxygens (including phenoxy) is 3. The first kappa shape index (κ1) is 21.5. The molecule has 5 heteroatoms. The third-order valence-corrected chi connectivity index (χ3v) is 4.81. The molecule has 0 unspecified atom stereocenters. The molecule has 0 spiro atoms. The van der Waals surface area contributed by atoms with Gasteiger partial charge >= 0.3 is 6.09 Å². The molecule has 1 aliphatic heterocycles. The molecule has 27 heavy (non-hydrogen) atoms. The van der Waals surface area contributed by atoms with Crippen LogP contribution in [0.25, 0.3) is 0 Å². The molecular formula is C22H35NO4. The molecule has 0 aliphatic carbocycles. The van der Waals surface area contributed by atoms with E-state index in [0.29, 0.717) is 26.3 Å². The normalized spacial score (nSPS) is 16.8. The van der Waals surface area contributed by atoms with Gasteiger partial charge in [0.05, 0.1) is 13.2 Å². The summed E-state index contributed by atoms with van der Waals surface area (Å²) in [6, 6.07) is 9.88. The van der Waals surface area contributed by atoms with E-state index in [1.165, 1.54) is 0 Å². The zero-order valence-corrected chi connectivity index (χ0v) is 17.3. The Morgan fingerprint density at radius 3 is 2.37 bits per heavy atom. The molecule has 0 saturated carbocycles. The van der Waals surface area contributed by atoms with Crippen LogP contribution in [-0.4, -0.2) is 49.5 Å². The number of rotatable bonds is 8. The Labute approximate surface area is 164 Å². The smallest absolute Gasteiger partial charge is 0.410 e. The molecule has 1 amide bonds. The van der Waals surface area contributed by atoms with Gasteiger partial charge in [0, 0.05) is 25.1 Å². The van der Waals surface area contributed by atoms with Crippen LogP contribution < -0.4 is 4.74 Å². The summed E-state index contributed by atoms with van der Waals surface area (Å²) in [6.07, 6.45) is 3.67. The van der Waals surface area contributed by atoms with Crippen LogP contribution in [0, 0.1) is 5.41 Å². The van der Waals surface area contributed by atoms with E-state index in [1.807, 2.05) is 51.1 Å². The van der Waals surface area contributed by atoms with Gasteiger partial charge in [-0.05, 0) is 52.2 Å². The molecule has 152 valence electrons. The van der Waals surface area contributed by atoms with Crippen molar-refractivity contribution in [1.29, 1.82) is 0 Å². The first-order valence-electron chi connectivity index (χ1n) is 10.1. The van der Waals surface area contributed by atoms with Crippen molar-refractivity contribution in [3.05, 3.63) is 30.3 Å². The lowest BCUT2D eigenvalue weighted by Crippen LogP contribution is -2.48. The zero-order chi connectivity index (χ0) is 19.8. The number of unbranched alkanes of at least 4 members (excludes halogenated alkanes) is 1. The van der Waals surface area contributed by atoms with Gasteiger partial charge in [0.1, 0.15) is 11.4 Å². The van der Waals surface area contributed by atoms with Crippen molar-refractivity contribution in [3.8, 4) is 5.75 Å². The minimum absolute atomic E-state index is 0.0674. The highest BCUT2D eigenvalue weighted by atomic mass is 16.6. The second-order valence-electron chi connectivity index (χ2n) is 8.48. The number of piperidine rings is 1. The van der Waals surface area contributed by atoms with Crippen molar-refractivity contribution in [3.63, 3.8) is 0 Å². The van der Waals surface area contributed by atoms with Gasteiger partial charge in [-0.1, -0.05) is 31.5 Å². The molecule has 1 heterocycles. The van der Waals surface area contributed by atoms with Gasteiger partial charge in [0.25, 0.3) is 0 Å². The summed E-state index contributed by atoms with van der Waals surface area (Å²) in [5, 5.41) is 0. The van der Waals surface area contributed by atoms with Crippen LogP contribution >= 0.6 is 0 Å². The van der Waals surface area contributed by atoms with E-state index in [1.54, 1.807) is 4.90 Å². The summed E-state index contributed by atoms with van der Waals surface area (Å²) in [7, 11) is 0. The Balaban J connectivity index is 1.94. The molecule has 1 aromatic carbocycles. The fourth-order valence-corrected chi connectivity index (χ4v) is 3.11. The van der Waals surface area contributed by atoms with E-state index in [2.05, 4.69) is 6.92 Å². The highest BCUT2D eigenvalue weighted by Crippen LogP contribution is 2.33. The average molecular weight is 378 g/mol. The fraction of sp³-hybridized carbons (Fsp3) is 0.682. The topological polar surface area (TPSA) is 48.0 Å². The molecule has 1 aliphatic rings. The van der Waals surface area contributed by atoms with Crippen LogP contribution in [0.5, 0.6) is 5.75 Å². The predicted octanol–water partition coefficient (Wildman–Crippen LogP) is 4.90. The maximum absolute atomic E-state index is 12.3. The number of para-hydroxylation sites is 1. The van der Waals surface area contributed by atoms with Crippen LogP contribution in [0.4, 0.5) is 4.79 Å². The Morgan fingerprint density at radius 1 is 1.11 bits per heavy atom. The van der Waals surface area contributed by atoms with Crippen molar-refractivity contribution in [2.45, 2.75) is 59.0 Å². The molecule has 1 fully saturated rings. The van der Waals surface area contributed by atoms with Crippen molar-refractivity contribution in [1.82, 2.24) is 4.90 Å². The van der Waals surface area contributed by atoms with Gasteiger partial charge in [-0.25, -0.2) is 4.79 Å². The largest absolute Gasteiger partial charge is 0.493 e. The first-order chi connectivity index (χ1) is 12.8. The molecule has 0 radical (unpaired) electrons. The second kappa shape index (κ2) is 9.98. The number of nitrogens with zero attached hydrogens (tertiary/aromatic N) is 1. The average Bonchev–Trinajstić information content (AvgIpc) is 2.64. The summed E-state index contributed by atoms with van der Waals surface area (Å²) in [4.78, 5) is 14.1. The van der Waals surface area contributed by atoms with E-state index in [-0.39, 0.29) is 11.5 Å². The lowest BCUT2D eigenvalue weighted by atomic mass is 9.80. The van der Waals surface area contributed by atoms with Crippen molar-refractivity contribution >= 4 is 6.09 Å². The highest BCUT2D eigenvalue weighted by molar-refractivity contribution is 5.68. The van der Waals surface area contributed by atoms with Gasteiger partial charge in [0.15, 0.2) is 0 Å². The molecule has 0 aromatic heterocycles. The molecule has 0 atom stereocenters. The van der Waals surface area contributed by atoms with Crippen LogP contribution in [0.3, 0.4) is 0 Å². The Bertz CT molecular complexity index is 559. The lowest BCUT2D eigenvalue weighted by Gasteiger charge is -2.41. The van der Waals surface area contributed by atoms with E-state index < -0.39 is 5.60 Å². The van der Waals surface area contributed by atoms with Gasteiger partial charge in [0.2, 0.25) is 0 Å². The van der Waals surface area contributed by atoms with Crippen molar-refractivity contribution in [2.24, 2.45) is 5.41 Å². The summed E-state index contributed by atoms with van der Waals surface area (Å²) >= 11 is 0. The molecule has 0 N–H and O–H groups in total. The number of likely N-dealkylation sites (tertiary alicyclic amines) is 1. The van der Waals surface area contributed by atoms with Gasteiger partial charge in [-0.3, -0.25) is 0 Å². The van der Waals surface area contributed by atoms with Crippen molar-refractivity contribution < 1.29 is 19.0 Å². The number of benzene rings is 1. The maximum Gasteiger partial charge on any atom is 0.410 e. The fourth-order valence-electron chi connectivity index (χ4n) is 3.11. The molecular weight excluding hydrogens is 342 g/mol. The second-order valence-corrected chi connectivity index (χ2v) is 8.48. The van der Waals surface area contributed by atoms with Crippen LogP contribution in [-0.2, 0) is 9.47 Å². The SMILES string of the molecule is CCCCOCC1(COc2ccccc2)CCN(C(=O)OC(C)(C)C)CC1. The summed E-state index contributed by atoms with van der Waals surface area (Å²) in [5.41, 5.74) is -0.534. The van der Waals surface area contributed by atoms with Crippen LogP contribution in [0.1, 0.15) is 53.4 Å². The standard InChI is InChI=1S/C22H35NO4/c1-5-6-16-25-17-22(18-26-19-10-8-7-9-11-19)12-14-23(15-13-22)20(24)27-21(2,3)4/h7-11H,5-6,12-18H2,1-4H3. The van der Waals surface area contributed by atoms with Gasteiger partial charge in [-0.2, -0.15) is 0 Å². The quantitative estimate of drug-likeness (QED) is 0.605. The third kappa shape index (κ3) is 7.41. The third-order valence-electron chi connectivity index (χ3n) is 4.81. The van der Waals surface area contributed by atoms with E-state index in [0.717, 1.165) is 38.0 Å². The van der Waals surface area contributed by atoms with Crippen LogP contribution in [0.15, 0.2) is 30.3 Å². The molecule has 1 saturated heterocycles. The summed E-state index contributed by atoms with van der Waals surface area (Å²) < 4.78 is 17.5. The maximum atomic E-state index is 12.3. The molecule has 5 nitrogen and oxygen atoms in total. The lowest BCUT2D eigenvalue weighted by molar-refractivity contribution is -0.0349.